The van der Waals surface area contributed by atoms with Crippen molar-refractivity contribution in [1.29, 1.82) is 0 Å². The number of alkyl halides is 3. The van der Waals surface area contributed by atoms with Crippen molar-refractivity contribution in [2.75, 3.05) is 7.11 Å². The van der Waals surface area contributed by atoms with Crippen molar-refractivity contribution in [3.63, 3.8) is 0 Å². The Bertz CT molecular complexity index is 727. The monoisotopic (exact) mass is 366 g/mol. The second-order valence-electron chi connectivity index (χ2n) is 6.44. The highest BCUT2D eigenvalue weighted by Gasteiger charge is 2.53. The van der Waals surface area contributed by atoms with E-state index in [0.29, 0.717) is 5.46 Å². The molecule has 0 spiro atoms. The van der Waals surface area contributed by atoms with E-state index in [1.165, 1.54) is 13.2 Å². The van der Waals surface area contributed by atoms with Crippen molar-refractivity contribution in [1.82, 2.24) is 0 Å². The summed E-state index contributed by atoms with van der Waals surface area (Å²) < 4.78 is 77.8. The van der Waals surface area contributed by atoms with Crippen LogP contribution in [0, 0.1) is 0 Å². The van der Waals surface area contributed by atoms with Crippen molar-refractivity contribution >= 4 is 22.4 Å². The van der Waals surface area contributed by atoms with E-state index in [0.717, 1.165) is 12.1 Å². The van der Waals surface area contributed by atoms with E-state index < -0.39 is 38.6 Å². The third kappa shape index (κ3) is 3.02. The zero-order valence-electron chi connectivity index (χ0n) is 13.9. The summed E-state index contributed by atoms with van der Waals surface area (Å²) in [5.74, 6) is -0.0566. The average molecular weight is 366 g/mol. The van der Waals surface area contributed by atoms with Gasteiger partial charge in [-0.1, -0.05) is 6.07 Å². The van der Waals surface area contributed by atoms with Crippen LogP contribution in [-0.4, -0.2) is 39.4 Å². The Morgan fingerprint density at radius 3 is 2.00 bits per heavy atom. The third-order valence-corrected chi connectivity index (χ3v) is 5.81. The fourth-order valence-corrected chi connectivity index (χ4v) is 2.93. The van der Waals surface area contributed by atoms with Crippen LogP contribution >= 0.6 is 0 Å². The maximum atomic E-state index is 12.7. The van der Waals surface area contributed by atoms with Crippen LogP contribution in [0.5, 0.6) is 5.75 Å². The quantitative estimate of drug-likeness (QED) is 0.769. The van der Waals surface area contributed by atoms with E-state index in [1.807, 2.05) is 27.7 Å². The van der Waals surface area contributed by atoms with Gasteiger partial charge in [-0.15, -0.1) is 0 Å². The van der Waals surface area contributed by atoms with Gasteiger partial charge in [0.15, 0.2) is 0 Å². The van der Waals surface area contributed by atoms with Gasteiger partial charge in [-0.2, -0.15) is 13.2 Å². The number of hydrogen-bond acceptors (Lipinski definition) is 5. The van der Waals surface area contributed by atoms with Crippen molar-refractivity contribution in [2.24, 2.45) is 0 Å². The molecule has 0 saturated carbocycles. The lowest BCUT2D eigenvalue weighted by molar-refractivity contribution is -0.0436. The van der Waals surface area contributed by atoms with E-state index in [9.17, 15) is 21.6 Å². The highest BCUT2D eigenvalue weighted by molar-refractivity contribution is 7.92. The molecule has 1 aliphatic rings. The Kier molecular flexibility index (Phi) is 4.48. The molecule has 1 saturated heterocycles. The molecule has 5 nitrogen and oxygen atoms in total. The van der Waals surface area contributed by atoms with Gasteiger partial charge < -0.3 is 14.0 Å². The standard InChI is InChI=1S/C14H18BF3O5S/c1-12(2)13(3,4)23-15(22-12)10-7-6-9(8-11(10)21-5)24(19,20)14(16,17)18/h6-8H,1-5H3. The summed E-state index contributed by atoms with van der Waals surface area (Å²) in [7, 11) is -5.11. The molecule has 1 fully saturated rings. The van der Waals surface area contributed by atoms with Crippen LogP contribution < -0.4 is 10.2 Å². The van der Waals surface area contributed by atoms with Gasteiger partial charge in [0, 0.05) is 5.46 Å². The first-order valence-electron chi connectivity index (χ1n) is 7.08. The van der Waals surface area contributed by atoms with E-state index >= 15 is 0 Å². The topological polar surface area (TPSA) is 61.8 Å². The molecule has 10 heteroatoms. The first kappa shape index (κ1) is 19.1. The van der Waals surface area contributed by atoms with E-state index in [1.54, 1.807) is 0 Å². The molecule has 2 rings (SSSR count). The number of methoxy groups -OCH3 is 1. The van der Waals surface area contributed by atoms with Gasteiger partial charge in [0.1, 0.15) is 5.75 Å². The highest BCUT2D eigenvalue weighted by Crippen LogP contribution is 2.38. The number of rotatable bonds is 3. The lowest BCUT2D eigenvalue weighted by Crippen LogP contribution is -2.41. The fourth-order valence-electron chi connectivity index (χ4n) is 2.16. The summed E-state index contributed by atoms with van der Waals surface area (Å²) in [6.45, 7) is 7.29. The van der Waals surface area contributed by atoms with Gasteiger partial charge in [0.2, 0.25) is 0 Å². The molecule has 24 heavy (non-hydrogen) atoms. The largest absolute Gasteiger partial charge is 0.501 e. The first-order valence-corrected chi connectivity index (χ1v) is 8.56. The van der Waals surface area contributed by atoms with Crippen LogP contribution in [0.15, 0.2) is 23.1 Å². The zero-order valence-corrected chi connectivity index (χ0v) is 14.7. The summed E-state index contributed by atoms with van der Waals surface area (Å²) in [4.78, 5) is -0.896. The van der Waals surface area contributed by atoms with Crippen molar-refractivity contribution in [3.05, 3.63) is 18.2 Å². The maximum Gasteiger partial charge on any atom is 0.501 e. The number of benzene rings is 1. The van der Waals surface area contributed by atoms with Crippen LogP contribution in [0.1, 0.15) is 27.7 Å². The minimum absolute atomic E-state index is 0.0566. The molecular formula is C14H18BF3O5S. The maximum absolute atomic E-state index is 12.7. The third-order valence-electron chi connectivity index (χ3n) is 4.33. The van der Waals surface area contributed by atoms with Gasteiger partial charge in [0.05, 0.1) is 23.2 Å². The average Bonchev–Trinajstić information content (AvgIpc) is 2.65. The molecular weight excluding hydrogens is 348 g/mol. The molecule has 0 amide bonds. The zero-order chi connectivity index (χ0) is 18.6. The molecule has 1 aromatic carbocycles. The van der Waals surface area contributed by atoms with Gasteiger partial charge in [0.25, 0.3) is 9.84 Å². The van der Waals surface area contributed by atoms with Gasteiger partial charge >= 0.3 is 12.6 Å². The molecule has 0 aliphatic carbocycles. The normalized spacial score (nSPS) is 20.2. The number of ether oxygens (including phenoxy) is 1. The summed E-state index contributed by atoms with van der Waals surface area (Å²) in [6, 6.07) is 2.90. The van der Waals surface area contributed by atoms with Gasteiger partial charge in [-0.05, 0) is 39.8 Å². The second-order valence-corrected chi connectivity index (χ2v) is 8.38. The molecule has 0 atom stereocenters. The lowest BCUT2D eigenvalue weighted by Gasteiger charge is -2.32. The SMILES string of the molecule is COc1cc(S(=O)(=O)C(F)(F)F)ccc1B1OC(C)(C)C(C)(C)O1. The minimum Gasteiger partial charge on any atom is -0.497 e. The van der Waals surface area contributed by atoms with Crippen LogP contribution in [0.25, 0.3) is 0 Å². The van der Waals surface area contributed by atoms with E-state index in [-0.39, 0.29) is 5.75 Å². The van der Waals surface area contributed by atoms with Gasteiger partial charge in [-0.25, -0.2) is 8.42 Å². The van der Waals surface area contributed by atoms with Crippen molar-refractivity contribution in [2.45, 2.75) is 49.3 Å². The van der Waals surface area contributed by atoms with E-state index in [4.69, 9.17) is 14.0 Å². The van der Waals surface area contributed by atoms with E-state index in [2.05, 4.69) is 0 Å². The van der Waals surface area contributed by atoms with Crippen LogP contribution in [0.3, 0.4) is 0 Å². The summed E-state index contributed by atoms with van der Waals surface area (Å²) in [6.07, 6.45) is 0. The Balaban J connectivity index is 2.46. The smallest absolute Gasteiger partial charge is 0.497 e. The molecule has 0 unspecified atom stereocenters. The molecule has 0 aromatic heterocycles. The van der Waals surface area contributed by atoms with Crippen molar-refractivity contribution < 1.29 is 35.6 Å². The Morgan fingerprint density at radius 1 is 1.08 bits per heavy atom. The number of halogens is 3. The predicted molar refractivity (Wildman–Crippen MR) is 82.0 cm³/mol. The summed E-state index contributed by atoms with van der Waals surface area (Å²) >= 11 is 0. The Labute approximate surface area is 139 Å². The van der Waals surface area contributed by atoms with Crippen LogP contribution in [0.2, 0.25) is 0 Å². The molecule has 1 heterocycles. The number of sulfone groups is 1. The highest BCUT2D eigenvalue weighted by atomic mass is 32.2. The second kappa shape index (κ2) is 5.64. The first-order chi connectivity index (χ1) is 10.7. The van der Waals surface area contributed by atoms with Gasteiger partial charge in [-0.3, -0.25) is 0 Å². The fraction of sp³-hybridized carbons (Fsp3) is 0.571. The molecule has 0 radical (unpaired) electrons. The van der Waals surface area contributed by atoms with Crippen LogP contribution in [0.4, 0.5) is 13.2 Å². The molecule has 1 aromatic rings. The van der Waals surface area contributed by atoms with Crippen molar-refractivity contribution in [3.8, 4) is 5.75 Å². The number of hydrogen-bond donors (Lipinski definition) is 0. The molecule has 0 N–H and O–H groups in total. The Morgan fingerprint density at radius 2 is 1.58 bits per heavy atom. The lowest BCUT2D eigenvalue weighted by atomic mass is 9.78. The minimum atomic E-state index is -5.46. The van der Waals surface area contributed by atoms with Crippen LogP contribution in [-0.2, 0) is 19.1 Å². The Hall–Kier alpha value is -1.26. The summed E-state index contributed by atoms with van der Waals surface area (Å²) in [5, 5.41) is 0. The molecule has 0 bridgehead atoms. The summed E-state index contributed by atoms with van der Waals surface area (Å²) in [5.41, 5.74) is -6.37. The predicted octanol–water partition coefficient (Wildman–Crippen LogP) is 2.29. The molecule has 1 aliphatic heterocycles. The molecule has 134 valence electrons.